The van der Waals surface area contributed by atoms with Crippen molar-refractivity contribution < 1.29 is 9.53 Å². The van der Waals surface area contributed by atoms with Gasteiger partial charge in [-0.25, -0.2) is 0 Å². The van der Waals surface area contributed by atoms with Crippen LogP contribution in [0, 0.1) is 5.92 Å². The molecule has 4 atom stereocenters. The van der Waals surface area contributed by atoms with E-state index in [0.29, 0.717) is 5.92 Å². The van der Waals surface area contributed by atoms with E-state index in [2.05, 4.69) is 5.32 Å². The van der Waals surface area contributed by atoms with Gasteiger partial charge in [0.1, 0.15) is 0 Å². The third-order valence-corrected chi connectivity index (χ3v) is 5.43. The largest absolute Gasteiger partial charge is 0.376 e. The van der Waals surface area contributed by atoms with Gasteiger partial charge in [-0.05, 0) is 12.5 Å². The lowest BCUT2D eigenvalue weighted by Gasteiger charge is -2.45. The fourth-order valence-corrected chi connectivity index (χ4v) is 4.25. The molecule has 2 fully saturated rings. The second-order valence-corrected chi connectivity index (χ2v) is 6.42. The molecule has 0 bridgehead atoms. The molecule has 4 unspecified atom stereocenters. The zero-order chi connectivity index (χ0) is 13.7. The maximum Gasteiger partial charge on any atom is 0.253 e. The van der Waals surface area contributed by atoms with E-state index in [-0.39, 0.29) is 24.1 Å². The fourth-order valence-electron chi connectivity index (χ4n) is 3.31. The average Bonchev–Trinajstić information content (AvgIpc) is 3.08. The molecule has 3 N–H and O–H groups in total. The maximum absolute atomic E-state index is 12.4. The summed E-state index contributed by atoms with van der Waals surface area (Å²) in [5, 5.41) is 5.97. The van der Waals surface area contributed by atoms with Crippen LogP contribution in [-0.2, 0) is 4.74 Å². The lowest BCUT2D eigenvalue weighted by molar-refractivity contribution is -0.0160. The summed E-state index contributed by atoms with van der Waals surface area (Å²) in [6, 6.07) is 7.93. The number of carbonyl (C=O) groups is 1. The number of carbonyl (C=O) groups excluding carboxylic acids is 1. The molecule has 104 valence electrons. The third-order valence-electron chi connectivity index (χ3n) is 4.47. The zero-order valence-electron chi connectivity index (χ0n) is 10.9. The first-order chi connectivity index (χ1) is 9.75. The predicted octanol–water partition coefficient (Wildman–Crippen LogP) is 1.75. The van der Waals surface area contributed by atoms with Crippen LogP contribution in [0.1, 0.15) is 16.8 Å². The van der Waals surface area contributed by atoms with Crippen molar-refractivity contribution in [3.8, 4) is 0 Å². The van der Waals surface area contributed by atoms with Gasteiger partial charge >= 0.3 is 0 Å². The summed E-state index contributed by atoms with van der Waals surface area (Å²) < 4.78 is 6.78. The Bertz CT molecular complexity index is 669. The molecule has 0 radical (unpaired) electrons. The van der Waals surface area contributed by atoms with Crippen LogP contribution in [0.5, 0.6) is 0 Å². The quantitative estimate of drug-likeness (QED) is 0.885. The Kier molecular flexibility index (Phi) is 2.80. The van der Waals surface area contributed by atoms with Crippen LogP contribution >= 0.6 is 11.3 Å². The van der Waals surface area contributed by atoms with Gasteiger partial charge in [0.05, 0.1) is 17.7 Å². The first kappa shape index (κ1) is 12.3. The summed E-state index contributed by atoms with van der Waals surface area (Å²) in [7, 11) is 0. The smallest absolute Gasteiger partial charge is 0.253 e. The van der Waals surface area contributed by atoms with Gasteiger partial charge in [0.25, 0.3) is 5.91 Å². The van der Waals surface area contributed by atoms with Crippen LogP contribution in [0.2, 0.25) is 0 Å². The van der Waals surface area contributed by atoms with Crippen molar-refractivity contribution in [1.82, 2.24) is 5.32 Å². The van der Waals surface area contributed by atoms with E-state index in [1.54, 1.807) is 11.3 Å². The zero-order valence-corrected chi connectivity index (χ0v) is 11.7. The average molecular weight is 288 g/mol. The fraction of sp³-hybridized carbons (Fsp3) is 0.400. The van der Waals surface area contributed by atoms with Crippen molar-refractivity contribution in [2.75, 3.05) is 6.61 Å². The molecule has 2 heterocycles. The van der Waals surface area contributed by atoms with Gasteiger partial charge in [-0.3, -0.25) is 4.79 Å². The lowest BCUT2D eigenvalue weighted by Crippen LogP contribution is -2.68. The Labute approximate surface area is 120 Å². The highest BCUT2D eigenvalue weighted by atomic mass is 32.1. The van der Waals surface area contributed by atoms with Crippen molar-refractivity contribution in [1.29, 1.82) is 0 Å². The Balaban J connectivity index is 1.56. The number of hydrogen-bond acceptors (Lipinski definition) is 4. The topological polar surface area (TPSA) is 64.3 Å². The van der Waals surface area contributed by atoms with Crippen LogP contribution in [0.4, 0.5) is 0 Å². The monoisotopic (exact) mass is 288 g/mol. The highest BCUT2D eigenvalue weighted by molar-refractivity contribution is 7.17. The second-order valence-electron chi connectivity index (χ2n) is 5.51. The molecule has 4 nitrogen and oxygen atoms in total. The first-order valence-electron chi connectivity index (χ1n) is 6.90. The van der Waals surface area contributed by atoms with Gasteiger partial charge in [0.15, 0.2) is 0 Å². The van der Waals surface area contributed by atoms with E-state index in [1.807, 2.05) is 29.6 Å². The van der Waals surface area contributed by atoms with Crippen LogP contribution < -0.4 is 11.1 Å². The van der Waals surface area contributed by atoms with E-state index in [4.69, 9.17) is 10.5 Å². The summed E-state index contributed by atoms with van der Waals surface area (Å²) in [5.74, 6) is 0.372. The number of rotatable bonds is 2. The van der Waals surface area contributed by atoms with E-state index in [1.165, 1.54) is 0 Å². The minimum absolute atomic E-state index is 0.0244. The SMILES string of the molecule is NC1C2CCOC2C1NC(=O)c1csc2ccccc12. The number of thiophene rings is 1. The van der Waals surface area contributed by atoms with Crippen LogP contribution in [-0.4, -0.2) is 30.7 Å². The molecule has 1 aliphatic heterocycles. The van der Waals surface area contributed by atoms with E-state index in [9.17, 15) is 4.79 Å². The third kappa shape index (κ3) is 1.70. The molecule has 2 aliphatic rings. The number of amides is 1. The molecular weight excluding hydrogens is 272 g/mol. The number of nitrogens with one attached hydrogen (secondary N) is 1. The molecule has 1 amide bonds. The van der Waals surface area contributed by atoms with Crippen LogP contribution in [0.3, 0.4) is 0 Å². The van der Waals surface area contributed by atoms with Gasteiger partial charge in [0.2, 0.25) is 0 Å². The van der Waals surface area contributed by atoms with Crippen molar-refractivity contribution in [2.24, 2.45) is 11.7 Å². The highest BCUT2D eigenvalue weighted by Crippen LogP contribution is 2.38. The summed E-state index contributed by atoms with van der Waals surface area (Å²) in [4.78, 5) is 12.4. The second kappa shape index (κ2) is 4.55. The molecule has 5 heteroatoms. The number of ether oxygens (including phenoxy) is 1. The Hall–Kier alpha value is -1.43. The highest BCUT2D eigenvalue weighted by Gasteiger charge is 2.52. The molecule has 1 aromatic carbocycles. The Morgan fingerprint density at radius 2 is 2.25 bits per heavy atom. The summed E-state index contributed by atoms with van der Waals surface area (Å²) in [5.41, 5.74) is 6.87. The molecule has 1 aromatic heterocycles. The number of nitrogens with two attached hydrogens (primary N) is 1. The van der Waals surface area contributed by atoms with Gasteiger partial charge < -0.3 is 15.8 Å². The molecule has 20 heavy (non-hydrogen) atoms. The summed E-state index contributed by atoms with van der Waals surface area (Å²) in [6.45, 7) is 0.761. The molecule has 0 spiro atoms. The van der Waals surface area contributed by atoms with Gasteiger partial charge in [-0.1, -0.05) is 18.2 Å². The first-order valence-corrected chi connectivity index (χ1v) is 7.78. The minimum Gasteiger partial charge on any atom is -0.376 e. The number of hydrogen-bond donors (Lipinski definition) is 2. The maximum atomic E-state index is 12.4. The number of fused-ring (bicyclic) bond motifs is 2. The summed E-state index contributed by atoms with van der Waals surface area (Å²) >= 11 is 1.59. The predicted molar refractivity (Wildman–Crippen MR) is 78.9 cm³/mol. The van der Waals surface area contributed by atoms with E-state index < -0.39 is 0 Å². The Morgan fingerprint density at radius 1 is 1.40 bits per heavy atom. The van der Waals surface area contributed by atoms with Crippen molar-refractivity contribution in [3.63, 3.8) is 0 Å². The molecule has 1 saturated carbocycles. The normalized spacial score (nSPS) is 31.9. The van der Waals surface area contributed by atoms with Crippen LogP contribution in [0.15, 0.2) is 29.6 Å². The molecule has 1 saturated heterocycles. The van der Waals surface area contributed by atoms with Crippen molar-refractivity contribution in [2.45, 2.75) is 24.6 Å². The van der Waals surface area contributed by atoms with Crippen LogP contribution in [0.25, 0.3) is 10.1 Å². The standard InChI is InChI=1S/C15H16N2O2S/c16-12-9-5-6-19-14(9)13(12)17-15(18)10-7-20-11-4-2-1-3-8(10)11/h1-4,7,9,12-14H,5-6,16H2,(H,17,18). The van der Waals surface area contributed by atoms with E-state index >= 15 is 0 Å². The molecule has 1 aliphatic carbocycles. The van der Waals surface area contributed by atoms with Crippen molar-refractivity contribution >= 4 is 27.3 Å². The molecule has 2 aromatic rings. The lowest BCUT2D eigenvalue weighted by atomic mass is 9.72. The van der Waals surface area contributed by atoms with Gasteiger partial charge in [0, 0.05) is 34.0 Å². The Morgan fingerprint density at radius 3 is 3.15 bits per heavy atom. The van der Waals surface area contributed by atoms with E-state index in [0.717, 1.165) is 28.7 Å². The molecule has 4 rings (SSSR count). The van der Waals surface area contributed by atoms with Gasteiger partial charge in [-0.15, -0.1) is 11.3 Å². The minimum atomic E-state index is -0.0475. The molecular formula is C15H16N2O2S. The summed E-state index contributed by atoms with van der Waals surface area (Å²) in [6.07, 6.45) is 1.12. The van der Waals surface area contributed by atoms with Crippen molar-refractivity contribution in [3.05, 3.63) is 35.2 Å². The van der Waals surface area contributed by atoms with Gasteiger partial charge in [-0.2, -0.15) is 0 Å². The number of benzene rings is 1.